The van der Waals surface area contributed by atoms with E-state index in [1.807, 2.05) is 12.1 Å². The Balaban J connectivity index is 1.63. The molecule has 2 aromatic rings. The summed E-state index contributed by atoms with van der Waals surface area (Å²) in [6, 6.07) is 13.6. The van der Waals surface area contributed by atoms with Gasteiger partial charge in [0, 0.05) is 5.56 Å². The maximum Gasteiger partial charge on any atom is 0.271 e. The van der Waals surface area contributed by atoms with Crippen molar-refractivity contribution >= 4 is 12.1 Å². The summed E-state index contributed by atoms with van der Waals surface area (Å²) in [5, 5.41) is 13.2. The quantitative estimate of drug-likeness (QED) is 0.260. The lowest BCUT2D eigenvalue weighted by atomic mass is 10.1. The smallest absolute Gasteiger partial charge is 0.271 e. The number of carbonyl (C=O) groups is 1. The minimum absolute atomic E-state index is 0.191. The van der Waals surface area contributed by atoms with Crippen LogP contribution in [0.25, 0.3) is 0 Å². The van der Waals surface area contributed by atoms with Crippen LogP contribution in [0.15, 0.2) is 53.6 Å². The molecular formula is C24H32N2O3. The summed E-state index contributed by atoms with van der Waals surface area (Å²) in [6.07, 6.45) is 11.7. The highest BCUT2D eigenvalue weighted by Gasteiger charge is 2.04. The highest BCUT2D eigenvalue weighted by atomic mass is 16.5. The van der Waals surface area contributed by atoms with E-state index in [-0.39, 0.29) is 11.7 Å². The number of ether oxygens (including phenoxy) is 1. The van der Waals surface area contributed by atoms with E-state index >= 15 is 0 Å². The highest BCUT2D eigenvalue weighted by Crippen LogP contribution is 2.14. The van der Waals surface area contributed by atoms with E-state index in [0.29, 0.717) is 12.2 Å². The molecule has 0 saturated carbocycles. The molecule has 2 rings (SSSR count). The van der Waals surface area contributed by atoms with Crippen molar-refractivity contribution < 1.29 is 14.6 Å². The standard InChI is InChI=1S/C24H32N2O3/c1-2-3-4-5-6-7-8-9-18-29-23-16-12-21(13-17-23)24(28)26-25-19-20-10-14-22(27)15-11-20/h10-17,19,27H,2-9,18H2,1H3,(H,26,28). The second kappa shape index (κ2) is 13.4. The van der Waals surface area contributed by atoms with E-state index in [1.54, 1.807) is 36.4 Å². The van der Waals surface area contributed by atoms with Gasteiger partial charge in [-0.05, 0) is 60.5 Å². The normalized spacial score (nSPS) is 10.9. The molecule has 0 radical (unpaired) electrons. The molecule has 2 aromatic carbocycles. The van der Waals surface area contributed by atoms with Crippen molar-refractivity contribution in [3.8, 4) is 11.5 Å². The Morgan fingerprint density at radius 3 is 2.21 bits per heavy atom. The van der Waals surface area contributed by atoms with Gasteiger partial charge in [-0.3, -0.25) is 4.79 Å². The number of benzene rings is 2. The number of unbranched alkanes of at least 4 members (excludes halogenated alkanes) is 7. The lowest BCUT2D eigenvalue weighted by Gasteiger charge is -2.07. The SMILES string of the molecule is CCCCCCCCCCOc1ccc(C(=O)NN=Cc2ccc(O)cc2)cc1. The molecule has 5 heteroatoms. The van der Waals surface area contributed by atoms with Gasteiger partial charge >= 0.3 is 0 Å². The third kappa shape index (κ3) is 9.28. The first kappa shape index (κ1) is 22.5. The van der Waals surface area contributed by atoms with Crippen LogP contribution in [0.1, 0.15) is 74.2 Å². The Morgan fingerprint density at radius 1 is 0.931 bits per heavy atom. The number of carbonyl (C=O) groups excluding carboxylic acids is 1. The summed E-state index contributed by atoms with van der Waals surface area (Å²) in [4.78, 5) is 12.1. The molecule has 0 aromatic heterocycles. The molecule has 1 amide bonds. The summed E-state index contributed by atoms with van der Waals surface area (Å²) >= 11 is 0. The number of phenols is 1. The van der Waals surface area contributed by atoms with E-state index in [9.17, 15) is 9.90 Å². The summed E-state index contributed by atoms with van der Waals surface area (Å²) in [5.41, 5.74) is 3.80. The molecule has 0 atom stereocenters. The van der Waals surface area contributed by atoms with Gasteiger partial charge in [0.2, 0.25) is 0 Å². The monoisotopic (exact) mass is 396 g/mol. The van der Waals surface area contributed by atoms with Crippen molar-refractivity contribution in [1.82, 2.24) is 5.43 Å². The highest BCUT2D eigenvalue weighted by molar-refractivity contribution is 5.95. The molecule has 0 aliphatic heterocycles. The van der Waals surface area contributed by atoms with Gasteiger partial charge in [0.05, 0.1) is 12.8 Å². The topological polar surface area (TPSA) is 70.9 Å². The molecule has 0 fully saturated rings. The Morgan fingerprint density at radius 2 is 1.55 bits per heavy atom. The molecule has 0 heterocycles. The minimum Gasteiger partial charge on any atom is -0.508 e. The molecule has 156 valence electrons. The van der Waals surface area contributed by atoms with Gasteiger partial charge in [0.25, 0.3) is 5.91 Å². The first-order valence-electron chi connectivity index (χ1n) is 10.5. The first-order valence-corrected chi connectivity index (χ1v) is 10.5. The number of hydrazone groups is 1. The van der Waals surface area contributed by atoms with Crippen molar-refractivity contribution in [2.24, 2.45) is 5.10 Å². The average molecular weight is 397 g/mol. The van der Waals surface area contributed by atoms with E-state index in [4.69, 9.17) is 4.74 Å². The fraction of sp³-hybridized carbons (Fsp3) is 0.417. The van der Waals surface area contributed by atoms with Crippen LogP contribution in [0.5, 0.6) is 11.5 Å². The number of hydrogen-bond donors (Lipinski definition) is 2. The van der Waals surface area contributed by atoms with Crippen LogP contribution in [-0.2, 0) is 0 Å². The van der Waals surface area contributed by atoms with Gasteiger partial charge in [0.15, 0.2) is 0 Å². The molecule has 0 bridgehead atoms. The van der Waals surface area contributed by atoms with Gasteiger partial charge in [-0.15, -0.1) is 0 Å². The zero-order valence-electron chi connectivity index (χ0n) is 17.3. The summed E-state index contributed by atoms with van der Waals surface area (Å²) in [5.74, 6) is 0.683. The van der Waals surface area contributed by atoms with Crippen molar-refractivity contribution in [2.45, 2.75) is 58.3 Å². The molecule has 0 saturated heterocycles. The number of hydrogen-bond acceptors (Lipinski definition) is 4. The molecule has 5 nitrogen and oxygen atoms in total. The Kier molecular flexibility index (Phi) is 10.4. The van der Waals surface area contributed by atoms with Crippen LogP contribution in [0.4, 0.5) is 0 Å². The second-order valence-corrected chi connectivity index (χ2v) is 7.14. The predicted octanol–water partition coefficient (Wildman–Crippen LogP) is 5.68. The van der Waals surface area contributed by atoms with Crippen molar-refractivity contribution in [2.75, 3.05) is 6.61 Å². The lowest BCUT2D eigenvalue weighted by molar-refractivity contribution is 0.0955. The van der Waals surface area contributed by atoms with Crippen LogP contribution in [-0.4, -0.2) is 23.8 Å². The molecule has 0 spiro atoms. The number of phenolic OH excluding ortho intramolecular Hbond substituents is 1. The summed E-state index contributed by atoms with van der Waals surface area (Å²) < 4.78 is 5.75. The van der Waals surface area contributed by atoms with Crippen LogP contribution in [0.3, 0.4) is 0 Å². The second-order valence-electron chi connectivity index (χ2n) is 7.14. The number of amides is 1. The third-order valence-corrected chi connectivity index (χ3v) is 4.66. The third-order valence-electron chi connectivity index (χ3n) is 4.66. The molecule has 0 aliphatic rings. The average Bonchev–Trinajstić information content (AvgIpc) is 2.74. The molecule has 0 unspecified atom stereocenters. The Bertz CT molecular complexity index is 740. The Hall–Kier alpha value is -2.82. The molecular weight excluding hydrogens is 364 g/mol. The van der Waals surface area contributed by atoms with Crippen molar-refractivity contribution in [3.05, 3.63) is 59.7 Å². The van der Waals surface area contributed by atoms with Crippen LogP contribution < -0.4 is 10.2 Å². The number of nitrogens with one attached hydrogen (secondary N) is 1. The fourth-order valence-corrected chi connectivity index (χ4v) is 2.92. The minimum atomic E-state index is -0.283. The van der Waals surface area contributed by atoms with Crippen LogP contribution >= 0.6 is 0 Å². The maximum absolute atomic E-state index is 12.1. The van der Waals surface area contributed by atoms with Crippen molar-refractivity contribution in [1.29, 1.82) is 0 Å². The Labute approximate surface area is 173 Å². The number of rotatable bonds is 13. The lowest BCUT2D eigenvalue weighted by Crippen LogP contribution is -2.17. The number of nitrogens with zero attached hydrogens (tertiary/aromatic N) is 1. The molecule has 29 heavy (non-hydrogen) atoms. The van der Waals surface area contributed by atoms with Crippen LogP contribution in [0, 0.1) is 0 Å². The molecule has 2 N–H and O–H groups in total. The number of aromatic hydroxyl groups is 1. The molecule has 0 aliphatic carbocycles. The predicted molar refractivity (Wildman–Crippen MR) is 118 cm³/mol. The summed E-state index contributed by atoms with van der Waals surface area (Å²) in [7, 11) is 0. The van der Waals surface area contributed by atoms with E-state index in [2.05, 4.69) is 17.5 Å². The fourth-order valence-electron chi connectivity index (χ4n) is 2.92. The van der Waals surface area contributed by atoms with Crippen LogP contribution in [0.2, 0.25) is 0 Å². The first-order chi connectivity index (χ1) is 14.2. The van der Waals surface area contributed by atoms with E-state index in [0.717, 1.165) is 17.7 Å². The van der Waals surface area contributed by atoms with Gasteiger partial charge < -0.3 is 9.84 Å². The van der Waals surface area contributed by atoms with Crippen molar-refractivity contribution in [3.63, 3.8) is 0 Å². The van der Waals surface area contributed by atoms with Gasteiger partial charge in [-0.2, -0.15) is 5.10 Å². The van der Waals surface area contributed by atoms with Gasteiger partial charge in [0.1, 0.15) is 11.5 Å². The zero-order chi connectivity index (χ0) is 20.7. The largest absolute Gasteiger partial charge is 0.508 e. The van der Waals surface area contributed by atoms with E-state index < -0.39 is 0 Å². The zero-order valence-corrected chi connectivity index (χ0v) is 17.3. The van der Waals surface area contributed by atoms with Gasteiger partial charge in [-0.1, -0.05) is 51.9 Å². The summed E-state index contributed by atoms with van der Waals surface area (Å²) in [6.45, 7) is 2.95. The van der Waals surface area contributed by atoms with E-state index in [1.165, 1.54) is 51.2 Å². The van der Waals surface area contributed by atoms with Gasteiger partial charge in [-0.25, -0.2) is 5.43 Å². The maximum atomic E-state index is 12.1.